The first-order chi connectivity index (χ1) is 15.0. The van der Waals surface area contributed by atoms with E-state index >= 15 is 0 Å². The second-order valence-corrected chi connectivity index (χ2v) is 8.21. The number of aromatic nitrogens is 1. The Morgan fingerprint density at radius 2 is 2.06 bits per heavy atom. The molecular formula is C23H21BrFN3O3. The van der Waals surface area contributed by atoms with Crippen molar-refractivity contribution in [1.29, 1.82) is 0 Å². The number of esters is 1. The molecule has 2 aromatic carbocycles. The lowest BCUT2D eigenvalue weighted by molar-refractivity contribution is -0.119. The van der Waals surface area contributed by atoms with Crippen LogP contribution in [-0.4, -0.2) is 41.5 Å². The molecule has 1 aliphatic heterocycles. The molecular weight excluding hydrogens is 465 g/mol. The molecule has 3 aromatic rings. The van der Waals surface area contributed by atoms with Gasteiger partial charge in [-0.25, -0.2) is 9.18 Å². The Bertz CT molecular complexity index is 1170. The maximum atomic E-state index is 13.9. The fraction of sp³-hybridized carbons (Fsp3) is 0.261. The molecule has 1 N–H and O–H groups in total. The van der Waals surface area contributed by atoms with Gasteiger partial charge < -0.3 is 10.1 Å². The zero-order chi connectivity index (χ0) is 22.0. The molecule has 4 rings (SSSR count). The van der Waals surface area contributed by atoms with E-state index in [1.807, 2.05) is 24.3 Å². The fourth-order valence-corrected chi connectivity index (χ4v) is 4.06. The largest absolute Gasteiger partial charge is 0.452 e. The summed E-state index contributed by atoms with van der Waals surface area (Å²) in [6.45, 7) is 3.90. The van der Waals surface area contributed by atoms with Crippen LogP contribution in [0.3, 0.4) is 0 Å². The highest BCUT2D eigenvalue weighted by atomic mass is 79.9. The summed E-state index contributed by atoms with van der Waals surface area (Å²) in [6, 6.07) is 11.7. The Morgan fingerprint density at radius 1 is 1.26 bits per heavy atom. The van der Waals surface area contributed by atoms with Gasteiger partial charge in [-0.3, -0.25) is 14.7 Å². The van der Waals surface area contributed by atoms with Crippen LogP contribution < -0.4 is 5.32 Å². The highest BCUT2D eigenvalue weighted by Gasteiger charge is 2.26. The number of carbonyl (C=O) groups is 2. The van der Waals surface area contributed by atoms with E-state index in [9.17, 15) is 14.0 Å². The number of nitrogens with one attached hydrogen (secondary N) is 1. The molecule has 0 spiro atoms. The number of pyridine rings is 1. The summed E-state index contributed by atoms with van der Waals surface area (Å²) >= 11 is 3.17. The lowest BCUT2D eigenvalue weighted by Crippen LogP contribution is -2.32. The third kappa shape index (κ3) is 4.60. The second kappa shape index (κ2) is 9.11. The molecule has 160 valence electrons. The van der Waals surface area contributed by atoms with Gasteiger partial charge in [0.05, 0.1) is 16.8 Å². The lowest BCUT2D eigenvalue weighted by Gasteiger charge is -2.28. The van der Waals surface area contributed by atoms with Crippen LogP contribution in [0.4, 0.5) is 10.1 Å². The summed E-state index contributed by atoms with van der Waals surface area (Å²) in [4.78, 5) is 32.3. The van der Waals surface area contributed by atoms with Crippen LogP contribution in [0, 0.1) is 5.82 Å². The molecule has 1 aliphatic rings. The van der Waals surface area contributed by atoms with Crippen LogP contribution in [0.25, 0.3) is 10.9 Å². The highest BCUT2D eigenvalue weighted by Crippen LogP contribution is 2.28. The van der Waals surface area contributed by atoms with E-state index in [4.69, 9.17) is 9.72 Å². The van der Waals surface area contributed by atoms with E-state index in [0.717, 1.165) is 36.3 Å². The van der Waals surface area contributed by atoms with Crippen LogP contribution in [0.2, 0.25) is 0 Å². The average Bonchev–Trinajstić information content (AvgIpc) is 2.77. The topological polar surface area (TPSA) is 71.5 Å². The van der Waals surface area contributed by atoms with Crippen molar-refractivity contribution in [1.82, 2.24) is 9.88 Å². The summed E-state index contributed by atoms with van der Waals surface area (Å²) in [6.07, 6.45) is 0.748. The smallest absolute Gasteiger partial charge is 0.339 e. The molecule has 0 radical (unpaired) electrons. The van der Waals surface area contributed by atoms with Gasteiger partial charge in [0.25, 0.3) is 5.91 Å². The molecule has 0 saturated heterocycles. The number of amides is 1. The Kier molecular flexibility index (Phi) is 6.29. The minimum absolute atomic E-state index is 0.0228. The number of ether oxygens (including phenoxy) is 1. The van der Waals surface area contributed by atoms with E-state index < -0.39 is 24.3 Å². The number of nitrogens with zero attached hydrogens (tertiary/aromatic N) is 2. The quantitative estimate of drug-likeness (QED) is 0.545. The number of anilines is 1. The van der Waals surface area contributed by atoms with Gasteiger partial charge in [0.15, 0.2) is 6.61 Å². The maximum Gasteiger partial charge on any atom is 0.339 e. The van der Waals surface area contributed by atoms with E-state index in [0.29, 0.717) is 22.0 Å². The van der Waals surface area contributed by atoms with Crippen molar-refractivity contribution in [2.24, 2.45) is 0 Å². The monoisotopic (exact) mass is 485 g/mol. The van der Waals surface area contributed by atoms with Gasteiger partial charge in [-0.05, 0) is 30.8 Å². The van der Waals surface area contributed by atoms with Crippen LogP contribution >= 0.6 is 15.9 Å². The molecule has 0 atom stereocenters. The van der Waals surface area contributed by atoms with E-state index in [1.165, 1.54) is 12.1 Å². The van der Waals surface area contributed by atoms with Gasteiger partial charge in [-0.15, -0.1) is 0 Å². The van der Waals surface area contributed by atoms with Crippen LogP contribution in [0.1, 0.15) is 28.5 Å². The summed E-state index contributed by atoms with van der Waals surface area (Å²) in [5.74, 6) is -1.78. The van der Waals surface area contributed by atoms with Crippen LogP contribution in [-0.2, 0) is 22.5 Å². The first kappa shape index (κ1) is 21.4. The minimum atomic E-state index is -0.614. The predicted octanol–water partition coefficient (Wildman–Crippen LogP) is 4.31. The SMILES string of the molecule is CCN1CCc2nc3ccccc3c(C(=O)OCC(=O)Nc3ccc(Br)cc3F)c2C1. The van der Waals surface area contributed by atoms with Crippen LogP contribution in [0.5, 0.6) is 0 Å². The molecule has 1 aromatic heterocycles. The molecule has 0 fully saturated rings. The van der Waals surface area contributed by atoms with Gasteiger partial charge in [0, 0.05) is 40.6 Å². The molecule has 6 nitrogen and oxygen atoms in total. The van der Waals surface area contributed by atoms with Crippen molar-refractivity contribution in [2.75, 3.05) is 25.0 Å². The van der Waals surface area contributed by atoms with Crippen molar-refractivity contribution in [3.05, 3.63) is 69.6 Å². The summed E-state index contributed by atoms with van der Waals surface area (Å²) in [7, 11) is 0. The maximum absolute atomic E-state index is 13.9. The first-order valence-corrected chi connectivity index (χ1v) is 10.8. The molecule has 2 heterocycles. The zero-order valence-corrected chi connectivity index (χ0v) is 18.5. The number of fused-ring (bicyclic) bond motifs is 2. The third-order valence-corrected chi connectivity index (χ3v) is 5.81. The standard InChI is InChI=1S/C23H21BrFN3O3/c1-2-28-10-9-19-16(12-28)22(15-5-3-4-6-18(15)26-19)23(30)31-13-21(29)27-20-8-7-14(24)11-17(20)25/h3-8,11H,2,9-10,12-13H2,1H3,(H,27,29). The van der Waals surface area contributed by atoms with E-state index in [2.05, 4.69) is 33.1 Å². The van der Waals surface area contributed by atoms with Crippen molar-refractivity contribution in [2.45, 2.75) is 19.9 Å². The van der Waals surface area contributed by atoms with Gasteiger partial charge in [0.1, 0.15) is 5.82 Å². The average molecular weight is 486 g/mol. The molecule has 8 heteroatoms. The number of likely N-dealkylation sites (N-methyl/N-ethyl adjacent to an activating group) is 1. The Morgan fingerprint density at radius 3 is 2.84 bits per heavy atom. The van der Waals surface area contributed by atoms with Crippen molar-refractivity contribution < 1.29 is 18.7 Å². The minimum Gasteiger partial charge on any atom is -0.452 e. The van der Waals surface area contributed by atoms with Crippen LogP contribution in [0.15, 0.2) is 46.9 Å². The Labute approximate surface area is 187 Å². The predicted molar refractivity (Wildman–Crippen MR) is 119 cm³/mol. The number of halogens is 2. The molecule has 1 amide bonds. The summed E-state index contributed by atoms with van der Waals surface area (Å²) in [5, 5.41) is 3.13. The second-order valence-electron chi connectivity index (χ2n) is 7.30. The third-order valence-electron chi connectivity index (χ3n) is 5.32. The fourth-order valence-electron chi connectivity index (χ4n) is 3.73. The molecule has 0 aliphatic carbocycles. The molecule has 0 unspecified atom stereocenters. The van der Waals surface area contributed by atoms with E-state index in [1.54, 1.807) is 6.07 Å². The summed E-state index contributed by atoms with van der Waals surface area (Å²) < 4.78 is 19.8. The normalized spacial score (nSPS) is 13.6. The Balaban J connectivity index is 1.56. The number of para-hydroxylation sites is 1. The van der Waals surface area contributed by atoms with Crippen molar-refractivity contribution in [3.8, 4) is 0 Å². The summed E-state index contributed by atoms with van der Waals surface area (Å²) in [5.41, 5.74) is 2.92. The van der Waals surface area contributed by atoms with Crippen molar-refractivity contribution in [3.63, 3.8) is 0 Å². The number of carbonyl (C=O) groups excluding carboxylic acids is 2. The van der Waals surface area contributed by atoms with Gasteiger partial charge in [0.2, 0.25) is 0 Å². The van der Waals surface area contributed by atoms with Gasteiger partial charge in [-0.1, -0.05) is 41.1 Å². The number of rotatable bonds is 5. The Hall–Kier alpha value is -2.84. The molecule has 31 heavy (non-hydrogen) atoms. The highest BCUT2D eigenvalue weighted by molar-refractivity contribution is 9.10. The van der Waals surface area contributed by atoms with Gasteiger partial charge in [-0.2, -0.15) is 0 Å². The lowest BCUT2D eigenvalue weighted by atomic mass is 9.96. The number of benzene rings is 2. The van der Waals surface area contributed by atoms with E-state index in [-0.39, 0.29) is 5.69 Å². The molecule has 0 saturated carbocycles. The molecule has 0 bridgehead atoms. The van der Waals surface area contributed by atoms with Gasteiger partial charge >= 0.3 is 5.97 Å². The first-order valence-electron chi connectivity index (χ1n) is 10.0. The zero-order valence-electron chi connectivity index (χ0n) is 17.0. The number of hydrogen-bond donors (Lipinski definition) is 1. The number of hydrogen-bond acceptors (Lipinski definition) is 5. The van der Waals surface area contributed by atoms with Crippen molar-refractivity contribution >= 4 is 44.4 Å².